The molecule has 0 saturated carbocycles. The molecule has 0 atom stereocenters. The Morgan fingerprint density at radius 1 is 1.17 bits per heavy atom. The number of halogens is 1. The lowest BCUT2D eigenvalue weighted by molar-refractivity contribution is 0.284. The Morgan fingerprint density at radius 3 is 2.72 bits per heavy atom. The molecule has 0 saturated heterocycles. The van der Waals surface area contributed by atoms with Crippen molar-refractivity contribution >= 4 is 40.8 Å². The Morgan fingerprint density at radius 2 is 2.00 bits per heavy atom. The summed E-state index contributed by atoms with van der Waals surface area (Å²) in [5, 5.41) is 8.18. The summed E-state index contributed by atoms with van der Waals surface area (Å²) in [5.74, 6) is 1.25. The third-order valence-corrected chi connectivity index (χ3v) is 4.24. The Labute approximate surface area is 179 Å². The summed E-state index contributed by atoms with van der Waals surface area (Å²) in [5.41, 5.74) is 5.39. The van der Waals surface area contributed by atoms with Crippen LogP contribution in [0.3, 0.4) is 0 Å². The molecule has 0 radical (unpaired) electrons. The van der Waals surface area contributed by atoms with E-state index in [0.29, 0.717) is 28.2 Å². The molecule has 29 heavy (non-hydrogen) atoms. The average Bonchev–Trinajstić information content (AvgIpc) is 2.74. The summed E-state index contributed by atoms with van der Waals surface area (Å²) < 4.78 is 11.3. The number of anilines is 1. The molecule has 148 valence electrons. The lowest BCUT2D eigenvalue weighted by Gasteiger charge is -2.11. The zero-order valence-corrected chi connectivity index (χ0v) is 17.2. The highest BCUT2D eigenvalue weighted by Crippen LogP contribution is 2.28. The molecular formula is C21H19ClN4O2S. The summed E-state index contributed by atoms with van der Waals surface area (Å²) in [7, 11) is 1.59. The maximum absolute atomic E-state index is 5.90. The zero-order valence-electron chi connectivity index (χ0n) is 15.6. The largest absolute Gasteiger partial charge is 0.493 e. The fourth-order valence-corrected chi connectivity index (χ4v) is 2.68. The van der Waals surface area contributed by atoms with Crippen LogP contribution < -0.4 is 20.2 Å². The number of hydrogen-bond donors (Lipinski definition) is 2. The molecule has 1 aromatic heterocycles. The number of benzene rings is 2. The molecule has 3 aromatic rings. The van der Waals surface area contributed by atoms with Gasteiger partial charge in [-0.3, -0.25) is 10.4 Å². The van der Waals surface area contributed by atoms with Crippen molar-refractivity contribution < 1.29 is 9.47 Å². The van der Waals surface area contributed by atoms with Crippen LogP contribution in [0.5, 0.6) is 11.5 Å². The highest BCUT2D eigenvalue weighted by molar-refractivity contribution is 7.80. The van der Waals surface area contributed by atoms with E-state index in [9.17, 15) is 0 Å². The Balaban J connectivity index is 1.56. The minimum Gasteiger partial charge on any atom is -0.493 e. The van der Waals surface area contributed by atoms with E-state index in [1.165, 1.54) is 0 Å². The molecule has 2 aromatic carbocycles. The van der Waals surface area contributed by atoms with Gasteiger partial charge in [0.25, 0.3) is 0 Å². The van der Waals surface area contributed by atoms with E-state index >= 15 is 0 Å². The van der Waals surface area contributed by atoms with Crippen LogP contribution in [0.2, 0.25) is 5.02 Å². The zero-order chi connectivity index (χ0) is 20.5. The first kappa shape index (κ1) is 20.6. The van der Waals surface area contributed by atoms with Gasteiger partial charge < -0.3 is 14.8 Å². The normalized spacial score (nSPS) is 10.6. The van der Waals surface area contributed by atoms with Crippen LogP contribution in [-0.2, 0) is 6.61 Å². The number of hydrogen-bond acceptors (Lipinski definition) is 5. The molecule has 0 fully saturated rings. The average molecular weight is 427 g/mol. The van der Waals surface area contributed by atoms with Crippen LogP contribution in [0.4, 0.5) is 5.69 Å². The SMILES string of the molecule is COc1cc(/C=N\NC(=S)Nc2cccnc2)ccc1OCc1ccc(Cl)cc1. The van der Waals surface area contributed by atoms with Crippen LogP contribution >= 0.6 is 23.8 Å². The maximum Gasteiger partial charge on any atom is 0.191 e. The van der Waals surface area contributed by atoms with Gasteiger partial charge in [0.15, 0.2) is 16.6 Å². The minimum atomic E-state index is 0.365. The van der Waals surface area contributed by atoms with Gasteiger partial charge in [-0.05, 0) is 65.8 Å². The van der Waals surface area contributed by atoms with Crippen molar-refractivity contribution in [3.05, 3.63) is 83.1 Å². The molecule has 0 bridgehead atoms. The van der Waals surface area contributed by atoms with Gasteiger partial charge in [-0.1, -0.05) is 23.7 Å². The number of hydrazone groups is 1. The Hall–Kier alpha value is -3.16. The van der Waals surface area contributed by atoms with Crippen LogP contribution in [0.1, 0.15) is 11.1 Å². The highest BCUT2D eigenvalue weighted by atomic mass is 35.5. The topological polar surface area (TPSA) is 67.8 Å². The molecule has 6 nitrogen and oxygen atoms in total. The second-order valence-electron chi connectivity index (χ2n) is 5.89. The number of thiocarbonyl (C=S) groups is 1. The van der Waals surface area contributed by atoms with Crippen molar-refractivity contribution in [1.82, 2.24) is 10.4 Å². The number of ether oxygens (including phenoxy) is 2. The minimum absolute atomic E-state index is 0.365. The van der Waals surface area contributed by atoms with Gasteiger partial charge in [-0.25, -0.2) is 0 Å². The summed E-state index contributed by atoms with van der Waals surface area (Å²) in [6, 6.07) is 16.7. The van der Waals surface area contributed by atoms with Crippen LogP contribution in [0.15, 0.2) is 72.1 Å². The summed E-state index contributed by atoms with van der Waals surface area (Å²) >= 11 is 11.1. The van der Waals surface area contributed by atoms with Gasteiger partial charge in [-0.15, -0.1) is 0 Å². The number of nitrogens with zero attached hydrogens (tertiary/aromatic N) is 2. The first-order chi connectivity index (χ1) is 14.1. The van der Waals surface area contributed by atoms with Gasteiger partial charge >= 0.3 is 0 Å². The molecule has 0 unspecified atom stereocenters. The molecule has 2 N–H and O–H groups in total. The van der Waals surface area contributed by atoms with Crippen molar-refractivity contribution in [2.24, 2.45) is 5.10 Å². The third kappa shape index (κ3) is 6.44. The fraction of sp³-hybridized carbons (Fsp3) is 0.0952. The standard InChI is InChI=1S/C21H19ClN4O2S/c1-27-20-11-16(12-24-26-21(29)25-18-3-2-10-23-13-18)6-9-19(20)28-14-15-4-7-17(22)8-5-15/h2-13H,14H2,1H3,(H2,25,26,29)/b24-12-. The number of aromatic nitrogens is 1. The van der Waals surface area contributed by atoms with Crippen molar-refractivity contribution in [3.63, 3.8) is 0 Å². The molecule has 0 aliphatic rings. The van der Waals surface area contributed by atoms with E-state index < -0.39 is 0 Å². The number of methoxy groups -OCH3 is 1. The first-order valence-electron chi connectivity index (χ1n) is 8.69. The summed E-state index contributed by atoms with van der Waals surface area (Å²) in [4.78, 5) is 4.01. The van der Waals surface area contributed by atoms with Crippen LogP contribution in [0.25, 0.3) is 0 Å². The van der Waals surface area contributed by atoms with Crippen LogP contribution in [0, 0.1) is 0 Å². The lowest BCUT2D eigenvalue weighted by Crippen LogP contribution is -2.23. The molecule has 3 rings (SSSR count). The van der Waals surface area contributed by atoms with E-state index in [1.54, 1.807) is 25.7 Å². The molecular weight excluding hydrogens is 408 g/mol. The first-order valence-corrected chi connectivity index (χ1v) is 9.48. The van der Waals surface area contributed by atoms with E-state index in [2.05, 4.69) is 20.8 Å². The van der Waals surface area contributed by atoms with Crippen molar-refractivity contribution in [2.75, 3.05) is 12.4 Å². The van der Waals surface area contributed by atoms with Gasteiger partial charge in [-0.2, -0.15) is 5.10 Å². The van der Waals surface area contributed by atoms with E-state index in [1.807, 2.05) is 54.6 Å². The molecule has 8 heteroatoms. The van der Waals surface area contributed by atoms with Crippen LogP contribution in [-0.4, -0.2) is 23.4 Å². The molecule has 0 aliphatic heterocycles. The van der Waals surface area contributed by atoms with Gasteiger partial charge in [0.05, 0.1) is 25.2 Å². The summed E-state index contributed by atoms with van der Waals surface area (Å²) in [6.45, 7) is 0.413. The van der Waals surface area contributed by atoms with E-state index in [4.69, 9.17) is 33.3 Å². The lowest BCUT2D eigenvalue weighted by atomic mass is 10.2. The quantitative estimate of drug-likeness (QED) is 0.326. The Kier molecular flexibility index (Phi) is 7.38. The maximum atomic E-state index is 5.90. The molecule has 0 aliphatic carbocycles. The van der Waals surface area contributed by atoms with Gasteiger partial charge in [0.2, 0.25) is 0 Å². The van der Waals surface area contributed by atoms with E-state index in [-0.39, 0.29) is 0 Å². The molecule has 0 amide bonds. The highest BCUT2D eigenvalue weighted by Gasteiger charge is 2.06. The van der Waals surface area contributed by atoms with Crippen molar-refractivity contribution in [1.29, 1.82) is 0 Å². The van der Waals surface area contributed by atoms with E-state index in [0.717, 1.165) is 16.8 Å². The predicted octanol–water partition coefficient (Wildman–Crippen LogP) is 4.64. The second-order valence-corrected chi connectivity index (χ2v) is 6.74. The monoisotopic (exact) mass is 426 g/mol. The second kappa shape index (κ2) is 10.4. The van der Waals surface area contributed by atoms with Gasteiger partial charge in [0, 0.05) is 11.2 Å². The molecule has 0 spiro atoms. The summed E-state index contributed by atoms with van der Waals surface area (Å²) in [6.07, 6.45) is 5.00. The number of rotatable bonds is 7. The number of nitrogens with one attached hydrogen (secondary N) is 2. The number of pyridine rings is 1. The smallest absolute Gasteiger partial charge is 0.191 e. The predicted molar refractivity (Wildman–Crippen MR) is 120 cm³/mol. The fourth-order valence-electron chi connectivity index (χ4n) is 2.39. The van der Waals surface area contributed by atoms with Gasteiger partial charge in [0.1, 0.15) is 6.61 Å². The third-order valence-electron chi connectivity index (χ3n) is 3.79. The Bertz CT molecular complexity index is 982. The van der Waals surface area contributed by atoms with Crippen molar-refractivity contribution in [3.8, 4) is 11.5 Å². The molecule has 1 heterocycles. The van der Waals surface area contributed by atoms with Crippen molar-refractivity contribution in [2.45, 2.75) is 6.61 Å².